The van der Waals surface area contributed by atoms with Crippen molar-refractivity contribution in [1.29, 1.82) is 0 Å². The summed E-state index contributed by atoms with van der Waals surface area (Å²) in [7, 11) is 2.87. The predicted octanol–water partition coefficient (Wildman–Crippen LogP) is 3.91. The molecule has 1 amide bonds. The molecule has 2 aromatic rings. The van der Waals surface area contributed by atoms with E-state index in [2.05, 4.69) is 0 Å². The highest BCUT2D eigenvalue weighted by atomic mass is 16.7. The van der Waals surface area contributed by atoms with Gasteiger partial charge in [0.2, 0.25) is 0 Å². The molecule has 0 bridgehead atoms. The number of hydroxylamine groups is 4. The monoisotopic (exact) mass is 460 g/mol. The summed E-state index contributed by atoms with van der Waals surface area (Å²) in [6, 6.07) is 7.57. The van der Waals surface area contributed by atoms with Crippen LogP contribution in [0.1, 0.15) is 48.3 Å². The normalized spacial score (nSPS) is 13.1. The van der Waals surface area contributed by atoms with Gasteiger partial charge in [0.05, 0.1) is 26.9 Å². The summed E-state index contributed by atoms with van der Waals surface area (Å²) >= 11 is 0. The first kappa shape index (κ1) is 26.6. The molecule has 1 aromatic carbocycles. The average Bonchev–Trinajstić information content (AvgIpc) is 3.30. The van der Waals surface area contributed by atoms with Gasteiger partial charge < -0.3 is 14.0 Å². The van der Waals surface area contributed by atoms with E-state index in [1.54, 1.807) is 31.2 Å². The number of furan rings is 1. The number of aryl methyl sites for hydroxylation is 3. The maximum Gasteiger partial charge on any atom is 0.334 e. The lowest BCUT2D eigenvalue weighted by molar-refractivity contribution is -0.237. The van der Waals surface area contributed by atoms with E-state index in [-0.39, 0.29) is 25.4 Å². The van der Waals surface area contributed by atoms with Crippen LogP contribution in [0.2, 0.25) is 0 Å². The zero-order chi connectivity index (χ0) is 24.6. The molecule has 0 aliphatic rings. The lowest BCUT2D eigenvalue weighted by Gasteiger charge is -2.38. The highest BCUT2D eigenvalue weighted by Gasteiger charge is 2.45. The molecular formula is C25H36N2O6. The Morgan fingerprint density at radius 2 is 1.79 bits per heavy atom. The number of benzene rings is 1. The Kier molecular flexibility index (Phi) is 9.64. The number of methoxy groups -OCH3 is 1. The summed E-state index contributed by atoms with van der Waals surface area (Å²) in [6.07, 6.45) is 1.86. The molecule has 8 heteroatoms. The van der Waals surface area contributed by atoms with Crippen LogP contribution in [0.15, 0.2) is 34.9 Å². The van der Waals surface area contributed by atoms with Crippen molar-refractivity contribution in [2.24, 2.45) is 0 Å². The number of rotatable bonds is 12. The largest absolute Gasteiger partial charge is 0.467 e. The van der Waals surface area contributed by atoms with E-state index in [4.69, 9.17) is 18.8 Å². The Balaban J connectivity index is 2.40. The van der Waals surface area contributed by atoms with Crippen LogP contribution in [0.25, 0.3) is 0 Å². The number of hydrogen-bond donors (Lipinski definition) is 0. The summed E-state index contributed by atoms with van der Waals surface area (Å²) in [5.41, 5.74) is 2.70. The zero-order valence-electron chi connectivity index (χ0n) is 20.8. The van der Waals surface area contributed by atoms with Crippen molar-refractivity contribution in [3.05, 3.63) is 58.5 Å². The first-order chi connectivity index (χ1) is 15.7. The number of carbonyl (C=O) groups is 2. The topological polar surface area (TPSA) is 81.5 Å². The highest BCUT2D eigenvalue weighted by Crippen LogP contribution is 2.27. The van der Waals surface area contributed by atoms with Crippen molar-refractivity contribution >= 4 is 11.9 Å². The van der Waals surface area contributed by atoms with Crippen molar-refractivity contribution in [2.75, 3.05) is 27.3 Å². The molecule has 8 nitrogen and oxygen atoms in total. The van der Waals surface area contributed by atoms with Gasteiger partial charge in [-0.05, 0) is 62.9 Å². The van der Waals surface area contributed by atoms with Crippen LogP contribution in [0.3, 0.4) is 0 Å². The van der Waals surface area contributed by atoms with Crippen LogP contribution < -0.4 is 0 Å². The van der Waals surface area contributed by atoms with Crippen LogP contribution >= 0.6 is 0 Å². The molecule has 1 unspecified atom stereocenters. The molecule has 182 valence electrons. The van der Waals surface area contributed by atoms with Crippen molar-refractivity contribution in [3.8, 4) is 0 Å². The van der Waals surface area contributed by atoms with Gasteiger partial charge >= 0.3 is 5.97 Å². The fourth-order valence-electron chi connectivity index (χ4n) is 3.95. The summed E-state index contributed by atoms with van der Waals surface area (Å²) in [5.74, 6) is -0.375. The fourth-order valence-corrected chi connectivity index (χ4v) is 3.95. The van der Waals surface area contributed by atoms with Crippen molar-refractivity contribution < 1.29 is 28.4 Å². The number of carbonyl (C=O) groups excluding carboxylic acids is 2. The van der Waals surface area contributed by atoms with Gasteiger partial charge in [-0.2, -0.15) is 5.06 Å². The molecule has 0 aliphatic carbocycles. The van der Waals surface area contributed by atoms with Gasteiger partial charge in [0, 0.05) is 13.1 Å². The first-order valence-corrected chi connectivity index (χ1v) is 11.1. The summed E-state index contributed by atoms with van der Waals surface area (Å²) in [4.78, 5) is 37.9. The summed E-state index contributed by atoms with van der Waals surface area (Å²) < 4.78 is 10.5. The standard InChI is InChI=1S/C25H36N2O6/c1-8-26(31-7)12-11-25(5,24(29)30-6)27(33-17-21-10-9-13-32-21)23(28)16-22-19(3)14-18(2)15-20(22)4/h9-10,13-15H,8,11-12,16-17H2,1-7H3. The van der Waals surface area contributed by atoms with E-state index in [0.29, 0.717) is 18.8 Å². The third kappa shape index (κ3) is 6.66. The van der Waals surface area contributed by atoms with E-state index >= 15 is 0 Å². The second-order valence-corrected chi connectivity index (χ2v) is 8.31. The van der Waals surface area contributed by atoms with Crippen LogP contribution in [-0.2, 0) is 37.0 Å². The highest BCUT2D eigenvalue weighted by molar-refractivity contribution is 5.88. The van der Waals surface area contributed by atoms with E-state index in [0.717, 1.165) is 27.3 Å². The van der Waals surface area contributed by atoms with Gasteiger partial charge in [-0.25, -0.2) is 9.86 Å². The molecule has 1 aromatic heterocycles. The van der Waals surface area contributed by atoms with Crippen LogP contribution in [0.5, 0.6) is 0 Å². The van der Waals surface area contributed by atoms with Crippen LogP contribution in [0.4, 0.5) is 0 Å². The Morgan fingerprint density at radius 1 is 1.12 bits per heavy atom. The lowest BCUT2D eigenvalue weighted by Crippen LogP contribution is -2.57. The predicted molar refractivity (Wildman–Crippen MR) is 124 cm³/mol. The second-order valence-electron chi connectivity index (χ2n) is 8.31. The van der Waals surface area contributed by atoms with Gasteiger partial charge in [0.1, 0.15) is 12.4 Å². The number of amides is 1. The average molecular weight is 461 g/mol. The molecule has 0 saturated carbocycles. The molecule has 2 rings (SSSR count). The van der Waals surface area contributed by atoms with Crippen LogP contribution in [0, 0.1) is 20.8 Å². The van der Waals surface area contributed by atoms with E-state index < -0.39 is 11.5 Å². The SMILES string of the molecule is CCN(CCC(C)(C(=O)OC)N(OCc1ccco1)C(=O)Cc1c(C)cc(C)cc1C)OC. The molecular weight excluding hydrogens is 424 g/mol. The van der Waals surface area contributed by atoms with Gasteiger partial charge in [-0.15, -0.1) is 0 Å². The number of esters is 1. The van der Waals surface area contributed by atoms with Crippen molar-refractivity contribution in [1.82, 2.24) is 10.1 Å². The maximum absolute atomic E-state index is 13.6. The lowest BCUT2D eigenvalue weighted by atomic mass is 9.94. The molecule has 1 atom stereocenters. The molecule has 0 radical (unpaired) electrons. The Hall–Kier alpha value is -2.68. The summed E-state index contributed by atoms with van der Waals surface area (Å²) in [5, 5.41) is 2.86. The van der Waals surface area contributed by atoms with Gasteiger partial charge in [-0.3, -0.25) is 9.63 Å². The molecule has 0 saturated heterocycles. The minimum absolute atomic E-state index is 0.00104. The maximum atomic E-state index is 13.6. The minimum Gasteiger partial charge on any atom is -0.467 e. The van der Waals surface area contributed by atoms with E-state index in [9.17, 15) is 9.59 Å². The van der Waals surface area contributed by atoms with Gasteiger partial charge in [0.25, 0.3) is 5.91 Å². The molecule has 0 fully saturated rings. The fraction of sp³-hybridized carbons (Fsp3) is 0.520. The van der Waals surface area contributed by atoms with Gasteiger partial charge in [-0.1, -0.05) is 24.6 Å². The quantitative estimate of drug-likeness (QED) is 0.351. The zero-order valence-corrected chi connectivity index (χ0v) is 20.8. The smallest absolute Gasteiger partial charge is 0.334 e. The molecule has 0 N–H and O–H groups in total. The molecule has 33 heavy (non-hydrogen) atoms. The number of hydrogen-bond acceptors (Lipinski definition) is 7. The summed E-state index contributed by atoms with van der Waals surface area (Å²) in [6.45, 7) is 10.6. The van der Waals surface area contributed by atoms with Crippen molar-refractivity contribution in [2.45, 2.75) is 59.6 Å². The third-order valence-corrected chi connectivity index (χ3v) is 5.84. The Labute approximate surface area is 196 Å². The number of nitrogens with zero attached hydrogens (tertiary/aromatic N) is 2. The molecule has 0 spiro atoms. The molecule has 1 heterocycles. The Bertz CT molecular complexity index is 900. The number of ether oxygens (including phenoxy) is 1. The molecule has 0 aliphatic heterocycles. The second kappa shape index (κ2) is 12.0. The van der Waals surface area contributed by atoms with Gasteiger partial charge in [0.15, 0.2) is 5.54 Å². The first-order valence-electron chi connectivity index (χ1n) is 11.1. The van der Waals surface area contributed by atoms with E-state index in [1.165, 1.54) is 13.4 Å². The minimum atomic E-state index is -1.38. The Morgan fingerprint density at radius 3 is 2.30 bits per heavy atom. The van der Waals surface area contributed by atoms with Crippen molar-refractivity contribution in [3.63, 3.8) is 0 Å². The van der Waals surface area contributed by atoms with Crippen LogP contribution in [-0.4, -0.2) is 54.9 Å². The third-order valence-electron chi connectivity index (χ3n) is 5.84. The van der Waals surface area contributed by atoms with E-state index in [1.807, 2.05) is 39.8 Å².